The molecule has 5 heteroatoms. The van der Waals surface area contributed by atoms with Gasteiger partial charge in [-0.2, -0.15) is 0 Å². The van der Waals surface area contributed by atoms with Crippen LogP contribution < -0.4 is 0 Å². The first kappa shape index (κ1) is 10.3. The number of ether oxygens (including phenoxy) is 1. The van der Waals surface area contributed by atoms with Crippen molar-refractivity contribution in [3.05, 3.63) is 12.2 Å². The van der Waals surface area contributed by atoms with E-state index in [1.54, 1.807) is 6.92 Å². The molecular formula is C6H10O4S. The lowest BCUT2D eigenvalue weighted by atomic mass is 10.4. The van der Waals surface area contributed by atoms with E-state index in [9.17, 15) is 9.00 Å². The van der Waals surface area contributed by atoms with E-state index < -0.39 is 17.0 Å². The topological polar surface area (TPSA) is 63.6 Å². The Morgan fingerprint density at radius 3 is 2.64 bits per heavy atom. The Morgan fingerprint density at radius 2 is 2.27 bits per heavy atom. The van der Waals surface area contributed by atoms with E-state index in [-0.39, 0.29) is 17.9 Å². The number of carbonyl (C=O) groups excluding carboxylic acids is 1. The largest absolute Gasteiger partial charge is 0.463 e. The summed E-state index contributed by atoms with van der Waals surface area (Å²) in [5.41, 5.74) is 0.0210. The Bertz CT molecular complexity index is 187. The van der Waals surface area contributed by atoms with Gasteiger partial charge in [-0.1, -0.05) is 6.58 Å². The third-order valence-corrected chi connectivity index (χ3v) is 1.46. The molecule has 1 N–H and O–H groups in total. The zero-order chi connectivity index (χ0) is 8.85. The second-order valence-electron chi connectivity index (χ2n) is 1.79. The highest BCUT2D eigenvalue weighted by atomic mass is 32.2. The summed E-state index contributed by atoms with van der Waals surface area (Å²) in [7, 11) is 0. The van der Waals surface area contributed by atoms with Crippen LogP contribution in [0.3, 0.4) is 0 Å². The average Bonchev–Trinajstić information content (AvgIpc) is 1.86. The maximum Gasteiger partial charge on any atom is 0.334 e. The van der Waals surface area contributed by atoms with Gasteiger partial charge in [0.05, 0.1) is 12.4 Å². The third kappa shape index (κ3) is 4.69. The van der Waals surface area contributed by atoms with E-state index in [2.05, 4.69) is 11.3 Å². The molecule has 0 aliphatic carbocycles. The van der Waals surface area contributed by atoms with E-state index in [0.29, 0.717) is 0 Å². The fourth-order valence-corrected chi connectivity index (χ4v) is 0.857. The normalized spacial score (nSPS) is 12.2. The molecule has 0 fully saturated rings. The molecule has 0 aliphatic rings. The maximum absolute atomic E-state index is 10.7. The molecule has 11 heavy (non-hydrogen) atoms. The predicted octanol–water partition coefficient (Wildman–Crippen LogP) is 0.327. The van der Waals surface area contributed by atoms with Crippen LogP contribution in [0.25, 0.3) is 0 Å². The van der Waals surface area contributed by atoms with E-state index in [4.69, 9.17) is 4.55 Å². The molecule has 0 aromatic rings. The Balaban J connectivity index is 3.83. The molecular weight excluding hydrogens is 168 g/mol. The molecule has 0 aromatic carbocycles. The smallest absolute Gasteiger partial charge is 0.334 e. The number of hydrogen-bond donors (Lipinski definition) is 1. The molecule has 1 atom stereocenters. The number of rotatable bonds is 4. The highest BCUT2D eigenvalue weighted by Gasteiger charge is 2.09. The minimum atomic E-state index is -2.02. The lowest BCUT2D eigenvalue weighted by molar-refractivity contribution is -0.138. The molecule has 4 nitrogen and oxygen atoms in total. The number of hydrogen-bond acceptors (Lipinski definition) is 3. The first-order valence-corrected chi connectivity index (χ1v) is 4.27. The quantitative estimate of drug-likeness (QED) is 0.383. The van der Waals surface area contributed by atoms with Crippen LogP contribution in [-0.2, 0) is 20.6 Å². The average molecular weight is 178 g/mol. The van der Waals surface area contributed by atoms with Gasteiger partial charge in [0.2, 0.25) is 0 Å². The maximum atomic E-state index is 10.7. The molecule has 0 aliphatic heterocycles. The molecule has 0 amide bonds. The molecule has 0 saturated carbocycles. The Morgan fingerprint density at radius 1 is 1.73 bits per heavy atom. The summed E-state index contributed by atoms with van der Waals surface area (Å²) in [4.78, 5) is 10.7. The highest BCUT2D eigenvalue weighted by Crippen LogP contribution is 1.95. The van der Waals surface area contributed by atoms with Crippen LogP contribution in [0.15, 0.2) is 12.2 Å². The second kappa shape index (κ2) is 5.03. The van der Waals surface area contributed by atoms with Crippen molar-refractivity contribution >= 4 is 17.0 Å². The number of carbonyl (C=O) groups is 1. The van der Waals surface area contributed by atoms with Gasteiger partial charge < -0.3 is 9.29 Å². The zero-order valence-corrected chi connectivity index (χ0v) is 7.02. The monoisotopic (exact) mass is 178 g/mol. The molecule has 0 saturated heterocycles. The van der Waals surface area contributed by atoms with Crippen LogP contribution in [-0.4, -0.2) is 27.1 Å². The SMILES string of the molecule is C=C(CS(=O)O)C(=O)OCC. The molecule has 0 aromatic heterocycles. The zero-order valence-electron chi connectivity index (χ0n) is 6.20. The summed E-state index contributed by atoms with van der Waals surface area (Å²) in [6.45, 7) is 5.19. The summed E-state index contributed by atoms with van der Waals surface area (Å²) in [5.74, 6) is -0.867. The number of esters is 1. The standard InChI is InChI=1S/C6H10O4S/c1-3-10-6(7)5(2)4-11(8)9/h2-4H2,1H3,(H,8,9). The van der Waals surface area contributed by atoms with Gasteiger partial charge in [0.25, 0.3) is 0 Å². The van der Waals surface area contributed by atoms with Crippen molar-refractivity contribution in [3.8, 4) is 0 Å². The molecule has 1 unspecified atom stereocenters. The molecule has 0 rings (SSSR count). The molecule has 0 spiro atoms. The van der Waals surface area contributed by atoms with Gasteiger partial charge in [0.15, 0.2) is 11.1 Å². The van der Waals surface area contributed by atoms with E-state index in [1.165, 1.54) is 0 Å². The van der Waals surface area contributed by atoms with Crippen LogP contribution in [0, 0.1) is 0 Å². The van der Waals surface area contributed by atoms with Crippen molar-refractivity contribution in [1.82, 2.24) is 0 Å². The summed E-state index contributed by atoms with van der Waals surface area (Å²) < 4.78 is 23.0. The molecule has 0 radical (unpaired) electrons. The van der Waals surface area contributed by atoms with Crippen molar-refractivity contribution in [3.63, 3.8) is 0 Å². The summed E-state index contributed by atoms with van der Waals surface area (Å²) >= 11 is -2.02. The third-order valence-electron chi connectivity index (χ3n) is 0.862. The van der Waals surface area contributed by atoms with Gasteiger partial charge >= 0.3 is 5.97 Å². The van der Waals surface area contributed by atoms with E-state index >= 15 is 0 Å². The fraction of sp³-hybridized carbons (Fsp3) is 0.500. The fourth-order valence-electron chi connectivity index (χ4n) is 0.441. The lowest BCUT2D eigenvalue weighted by Gasteiger charge is -2.01. The Kier molecular flexibility index (Phi) is 4.72. The molecule has 0 bridgehead atoms. The van der Waals surface area contributed by atoms with Gasteiger partial charge in [0, 0.05) is 5.57 Å². The minimum Gasteiger partial charge on any atom is -0.463 e. The van der Waals surface area contributed by atoms with Gasteiger partial charge in [-0.3, -0.25) is 0 Å². The van der Waals surface area contributed by atoms with Crippen LogP contribution >= 0.6 is 0 Å². The predicted molar refractivity (Wildman–Crippen MR) is 41.4 cm³/mol. The van der Waals surface area contributed by atoms with Crippen LogP contribution in [0.1, 0.15) is 6.92 Å². The van der Waals surface area contributed by atoms with Gasteiger partial charge in [-0.05, 0) is 6.92 Å². The minimum absolute atomic E-state index is 0.0210. The van der Waals surface area contributed by atoms with Crippen molar-refractivity contribution in [2.45, 2.75) is 6.92 Å². The van der Waals surface area contributed by atoms with Crippen molar-refractivity contribution in [1.29, 1.82) is 0 Å². The van der Waals surface area contributed by atoms with Crippen molar-refractivity contribution in [2.75, 3.05) is 12.4 Å². The summed E-state index contributed by atoms with van der Waals surface area (Å²) in [6, 6.07) is 0. The van der Waals surface area contributed by atoms with Gasteiger partial charge in [0.1, 0.15) is 0 Å². The van der Waals surface area contributed by atoms with E-state index in [0.717, 1.165) is 0 Å². The summed E-state index contributed by atoms with van der Waals surface area (Å²) in [5, 5.41) is 0. The highest BCUT2D eigenvalue weighted by molar-refractivity contribution is 7.79. The Labute approximate surface area is 67.5 Å². The first-order chi connectivity index (χ1) is 5.07. The van der Waals surface area contributed by atoms with Gasteiger partial charge in [-0.15, -0.1) is 0 Å². The van der Waals surface area contributed by atoms with Gasteiger partial charge in [-0.25, -0.2) is 9.00 Å². The molecule has 0 heterocycles. The summed E-state index contributed by atoms with van der Waals surface area (Å²) in [6.07, 6.45) is 0. The first-order valence-electron chi connectivity index (χ1n) is 3.00. The van der Waals surface area contributed by atoms with E-state index in [1.807, 2.05) is 0 Å². The second-order valence-corrected chi connectivity index (χ2v) is 2.72. The Hall–Kier alpha value is -0.680. The van der Waals surface area contributed by atoms with Crippen molar-refractivity contribution in [2.24, 2.45) is 0 Å². The molecule has 64 valence electrons. The van der Waals surface area contributed by atoms with Crippen LogP contribution in [0.4, 0.5) is 0 Å². The van der Waals surface area contributed by atoms with Crippen LogP contribution in [0.5, 0.6) is 0 Å². The van der Waals surface area contributed by atoms with Crippen LogP contribution in [0.2, 0.25) is 0 Å². The van der Waals surface area contributed by atoms with Crippen molar-refractivity contribution < 1.29 is 18.3 Å². The lowest BCUT2D eigenvalue weighted by Crippen LogP contribution is -2.12.